The molecule has 1 heterocycles. The lowest BCUT2D eigenvalue weighted by Gasteiger charge is -2.05. The molecule has 0 atom stereocenters. The number of nitrogens with two attached hydrogens (primary N) is 1. The number of nitrogens with zero attached hydrogens (tertiary/aromatic N) is 2. The van der Waals surface area contributed by atoms with Crippen LogP contribution in [0.5, 0.6) is 0 Å². The number of rotatable bonds is 2. The molecule has 0 aliphatic carbocycles. The van der Waals surface area contributed by atoms with E-state index in [-0.39, 0.29) is 0 Å². The average molecular weight is 254 g/mol. The van der Waals surface area contributed by atoms with E-state index in [9.17, 15) is 0 Å². The van der Waals surface area contributed by atoms with E-state index in [1.165, 1.54) is 0 Å². The van der Waals surface area contributed by atoms with Crippen molar-refractivity contribution in [3.63, 3.8) is 0 Å². The molecule has 0 spiro atoms. The molecule has 0 unspecified atom stereocenters. The van der Waals surface area contributed by atoms with E-state index >= 15 is 0 Å². The summed E-state index contributed by atoms with van der Waals surface area (Å²) in [5, 5.41) is 1.22. The number of anilines is 1. The van der Waals surface area contributed by atoms with Gasteiger partial charge in [0, 0.05) is 22.7 Å². The minimum atomic E-state index is 0.438. The van der Waals surface area contributed by atoms with Gasteiger partial charge in [-0.3, -0.25) is 0 Å². The predicted octanol–water partition coefficient (Wildman–Crippen LogP) is 2.96. The summed E-state index contributed by atoms with van der Waals surface area (Å²) in [6.07, 6.45) is 2.09. The van der Waals surface area contributed by atoms with E-state index in [1.807, 2.05) is 0 Å². The van der Waals surface area contributed by atoms with Gasteiger partial charge < -0.3 is 5.73 Å². The molecule has 0 amide bonds. The third kappa shape index (κ3) is 2.43. The van der Waals surface area contributed by atoms with Gasteiger partial charge >= 0.3 is 0 Å². The highest BCUT2D eigenvalue weighted by Gasteiger charge is 2.08. The highest BCUT2D eigenvalue weighted by atomic mass is 35.5. The Morgan fingerprint density at radius 2 is 1.81 bits per heavy atom. The van der Waals surface area contributed by atoms with Crippen molar-refractivity contribution in [2.45, 2.75) is 6.42 Å². The molecular weight excluding hydrogens is 245 g/mol. The van der Waals surface area contributed by atoms with Crippen molar-refractivity contribution in [1.82, 2.24) is 9.97 Å². The standard InChI is InChI=1S/C11H9Cl2N3/c12-8-2-1-3-9(13)7(8)6-11-15-5-4-10(14)16-11/h1-5H,6H2,(H2,14,15,16). The maximum absolute atomic E-state index is 6.05. The molecule has 1 aromatic carbocycles. The van der Waals surface area contributed by atoms with Gasteiger partial charge in [-0.1, -0.05) is 29.3 Å². The summed E-state index contributed by atoms with van der Waals surface area (Å²) in [7, 11) is 0. The van der Waals surface area contributed by atoms with Crippen LogP contribution in [0.4, 0.5) is 5.82 Å². The van der Waals surface area contributed by atoms with Gasteiger partial charge in [0.2, 0.25) is 0 Å². The highest BCUT2D eigenvalue weighted by molar-refractivity contribution is 6.36. The maximum Gasteiger partial charge on any atom is 0.135 e. The summed E-state index contributed by atoms with van der Waals surface area (Å²) >= 11 is 12.1. The second-order valence-corrected chi connectivity index (χ2v) is 4.09. The van der Waals surface area contributed by atoms with Gasteiger partial charge in [0.25, 0.3) is 0 Å². The van der Waals surface area contributed by atoms with Crippen LogP contribution >= 0.6 is 23.2 Å². The largest absolute Gasteiger partial charge is 0.384 e. The minimum absolute atomic E-state index is 0.438. The van der Waals surface area contributed by atoms with Gasteiger partial charge in [0.1, 0.15) is 11.6 Å². The van der Waals surface area contributed by atoms with E-state index < -0.39 is 0 Å². The molecule has 0 saturated heterocycles. The number of benzene rings is 1. The maximum atomic E-state index is 6.05. The van der Waals surface area contributed by atoms with E-state index in [0.29, 0.717) is 28.1 Å². The molecule has 0 radical (unpaired) electrons. The zero-order valence-corrected chi connectivity index (χ0v) is 9.83. The molecule has 5 heteroatoms. The summed E-state index contributed by atoms with van der Waals surface area (Å²) in [6.45, 7) is 0. The molecule has 3 nitrogen and oxygen atoms in total. The van der Waals surface area contributed by atoms with Crippen LogP contribution in [0.15, 0.2) is 30.5 Å². The van der Waals surface area contributed by atoms with Crippen LogP contribution in [-0.2, 0) is 6.42 Å². The van der Waals surface area contributed by atoms with Crippen molar-refractivity contribution in [3.05, 3.63) is 51.9 Å². The summed E-state index contributed by atoms with van der Waals surface area (Å²) in [5.41, 5.74) is 6.39. The fourth-order valence-corrected chi connectivity index (χ4v) is 1.89. The summed E-state index contributed by atoms with van der Waals surface area (Å²) < 4.78 is 0. The van der Waals surface area contributed by atoms with E-state index in [2.05, 4.69) is 9.97 Å². The first-order valence-electron chi connectivity index (χ1n) is 4.67. The smallest absolute Gasteiger partial charge is 0.135 e. The third-order valence-electron chi connectivity index (χ3n) is 2.12. The number of halogens is 2. The van der Waals surface area contributed by atoms with Gasteiger partial charge in [-0.2, -0.15) is 0 Å². The first kappa shape index (κ1) is 11.2. The van der Waals surface area contributed by atoms with Crippen LogP contribution in [0, 0.1) is 0 Å². The second-order valence-electron chi connectivity index (χ2n) is 3.27. The quantitative estimate of drug-likeness (QED) is 0.896. The zero-order valence-electron chi connectivity index (χ0n) is 8.32. The van der Waals surface area contributed by atoms with Crippen molar-refractivity contribution in [1.29, 1.82) is 0 Å². The van der Waals surface area contributed by atoms with E-state index in [0.717, 1.165) is 5.56 Å². The summed E-state index contributed by atoms with van der Waals surface area (Å²) in [5.74, 6) is 1.04. The Morgan fingerprint density at radius 3 is 2.44 bits per heavy atom. The molecule has 0 aliphatic heterocycles. The molecule has 1 aromatic heterocycles. The van der Waals surface area contributed by atoms with Crippen molar-refractivity contribution in [2.24, 2.45) is 0 Å². The summed E-state index contributed by atoms with van der Waals surface area (Å²) in [6, 6.07) is 7.01. The lowest BCUT2D eigenvalue weighted by molar-refractivity contribution is 0.974. The van der Waals surface area contributed by atoms with Crippen molar-refractivity contribution in [2.75, 3.05) is 5.73 Å². The number of aromatic nitrogens is 2. The molecule has 0 bridgehead atoms. The van der Waals surface area contributed by atoms with E-state index in [4.69, 9.17) is 28.9 Å². The van der Waals surface area contributed by atoms with Crippen LogP contribution in [-0.4, -0.2) is 9.97 Å². The Hall–Kier alpha value is -1.32. The Kier molecular flexibility index (Phi) is 3.27. The molecule has 16 heavy (non-hydrogen) atoms. The number of hydrogen-bond acceptors (Lipinski definition) is 3. The van der Waals surface area contributed by atoms with Crippen LogP contribution in [0.25, 0.3) is 0 Å². The average Bonchev–Trinajstić information content (AvgIpc) is 2.24. The zero-order chi connectivity index (χ0) is 11.5. The fourth-order valence-electron chi connectivity index (χ4n) is 1.36. The Labute approximate surface area is 103 Å². The molecule has 0 saturated carbocycles. The molecular formula is C11H9Cl2N3. The van der Waals surface area contributed by atoms with Crippen LogP contribution in [0.3, 0.4) is 0 Å². The van der Waals surface area contributed by atoms with E-state index in [1.54, 1.807) is 30.5 Å². The van der Waals surface area contributed by atoms with Gasteiger partial charge in [-0.25, -0.2) is 9.97 Å². The number of hydrogen-bond donors (Lipinski definition) is 1. The lowest BCUT2D eigenvalue weighted by atomic mass is 10.1. The molecule has 0 aliphatic rings. The van der Waals surface area contributed by atoms with Crippen LogP contribution in [0.1, 0.15) is 11.4 Å². The first-order chi connectivity index (χ1) is 7.66. The number of nitrogen functional groups attached to an aromatic ring is 1. The molecule has 2 rings (SSSR count). The third-order valence-corrected chi connectivity index (χ3v) is 2.83. The molecule has 82 valence electrons. The topological polar surface area (TPSA) is 51.8 Å². The Bertz CT molecular complexity index is 494. The van der Waals surface area contributed by atoms with Crippen LogP contribution in [0.2, 0.25) is 10.0 Å². The van der Waals surface area contributed by atoms with Crippen LogP contribution < -0.4 is 5.73 Å². The van der Waals surface area contributed by atoms with Crippen molar-refractivity contribution >= 4 is 29.0 Å². The van der Waals surface area contributed by atoms with Gasteiger partial charge in [0.05, 0.1) is 0 Å². The predicted molar refractivity (Wildman–Crippen MR) is 65.7 cm³/mol. The molecule has 2 aromatic rings. The summed E-state index contributed by atoms with van der Waals surface area (Å²) in [4.78, 5) is 8.21. The second kappa shape index (κ2) is 4.68. The highest BCUT2D eigenvalue weighted by Crippen LogP contribution is 2.25. The normalized spacial score (nSPS) is 10.4. The monoisotopic (exact) mass is 253 g/mol. The minimum Gasteiger partial charge on any atom is -0.384 e. The van der Waals surface area contributed by atoms with Gasteiger partial charge in [0.15, 0.2) is 0 Å². The van der Waals surface area contributed by atoms with Gasteiger partial charge in [-0.15, -0.1) is 0 Å². The van der Waals surface area contributed by atoms with Gasteiger partial charge in [-0.05, 0) is 23.8 Å². The lowest BCUT2D eigenvalue weighted by Crippen LogP contribution is -2.00. The molecule has 0 fully saturated rings. The fraction of sp³-hybridized carbons (Fsp3) is 0.0909. The molecule has 2 N–H and O–H groups in total. The Morgan fingerprint density at radius 1 is 1.12 bits per heavy atom. The van der Waals surface area contributed by atoms with Crippen molar-refractivity contribution in [3.8, 4) is 0 Å². The first-order valence-corrected chi connectivity index (χ1v) is 5.42. The Balaban J connectivity index is 2.34. The van der Waals surface area contributed by atoms with Crippen molar-refractivity contribution < 1.29 is 0 Å². The SMILES string of the molecule is Nc1ccnc(Cc2c(Cl)cccc2Cl)n1.